The summed E-state index contributed by atoms with van der Waals surface area (Å²) in [5.74, 6) is 0.662. The second-order valence-electron chi connectivity index (χ2n) is 5.46. The monoisotopic (exact) mass is 337 g/mol. The van der Waals surface area contributed by atoms with Gasteiger partial charge in [-0.3, -0.25) is 14.5 Å². The van der Waals surface area contributed by atoms with E-state index >= 15 is 0 Å². The van der Waals surface area contributed by atoms with Gasteiger partial charge in [0.25, 0.3) is 0 Å². The van der Waals surface area contributed by atoms with Crippen LogP contribution in [0.1, 0.15) is 6.42 Å². The smallest absolute Gasteiger partial charge is 0.317 e. The van der Waals surface area contributed by atoms with Gasteiger partial charge in [-0.1, -0.05) is 0 Å². The van der Waals surface area contributed by atoms with Crippen molar-refractivity contribution >= 4 is 11.8 Å². The van der Waals surface area contributed by atoms with Gasteiger partial charge in [0.05, 0.1) is 21.3 Å². The molecule has 1 aromatic rings. The second kappa shape index (κ2) is 8.54. The Morgan fingerprint density at radius 3 is 2.67 bits per heavy atom. The van der Waals surface area contributed by atoms with Crippen molar-refractivity contribution in [3.63, 3.8) is 0 Å². The van der Waals surface area contributed by atoms with E-state index < -0.39 is 11.9 Å². The van der Waals surface area contributed by atoms with Gasteiger partial charge in [-0.15, -0.1) is 0 Å². The SMILES string of the molecule is COC(=O)C1CN(CCOc2cc(OC)ccc2OC)CCC1=O. The maximum Gasteiger partial charge on any atom is 0.317 e. The number of ether oxygens (including phenoxy) is 4. The molecular weight excluding hydrogens is 314 g/mol. The molecule has 2 rings (SSSR count). The topological polar surface area (TPSA) is 74.3 Å². The third kappa shape index (κ3) is 4.38. The molecule has 1 fully saturated rings. The molecule has 0 amide bonds. The largest absolute Gasteiger partial charge is 0.497 e. The molecule has 1 aliphatic heterocycles. The first kappa shape index (κ1) is 18.1. The minimum atomic E-state index is -0.699. The number of Topliss-reactive ketones (excluding diaryl/α,β-unsaturated/α-hetero) is 1. The summed E-state index contributed by atoms with van der Waals surface area (Å²) >= 11 is 0. The van der Waals surface area contributed by atoms with E-state index in [0.717, 1.165) is 0 Å². The minimum Gasteiger partial charge on any atom is -0.497 e. The first-order valence-corrected chi connectivity index (χ1v) is 7.76. The molecule has 132 valence electrons. The summed E-state index contributed by atoms with van der Waals surface area (Å²) in [5, 5.41) is 0. The second-order valence-corrected chi connectivity index (χ2v) is 5.46. The van der Waals surface area contributed by atoms with Gasteiger partial charge in [0.15, 0.2) is 11.5 Å². The van der Waals surface area contributed by atoms with E-state index in [4.69, 9.17) is 14.2 Å². The highest BCUT2D eigenvalue weighted by Crippen LogP contribution is 2.31. The molecule has 1 saturated heterocycles. The number of carbonyl (C=O) groups is 2. The van der Waals surface area contributed by atoms with Gasteiger partial charge >= 0.3 is 5.97 Å². The third-order valence-corrected chi connectivity index (χ3v) is 4.03. The molecule has 0 radical (unpaired) electrons. The van der Waals surface area contributed by atoms with Crippen LogP contribution in [0, 0.1) is 5.92 Å². The van der Waals surface area contributed by atoms with Crippen molar-refractivity contribution in [3.05, 3.63) is 18.2 Å². The first-order chi connectivity index (χ1) is 11.6. The lowest BCUT2D eigenvalue weighted by Gasteiger charge is -2.30. The Labute approximate surface area is 141 Å². The third-order valence-electron chi connectivity index (χ3n) is 4.03. The summed E-state index contributed by atoms with van der Waals surface area (Å²) in [4.78, 5) is 25.5. The van der Waals surface area contributed by atoms with Gasteiger partial charge in [0, 0.05) is 32.1 Å². The molecule has 0 spiro atoms. The number of rotatable bonds is 7. The van der Waals surface area contributed by atoms with Gasteiger partial charge < -0.3 is 18.9 Å². The molecule has 0 aromatic heterocycles. The van der Waals surface area contributed by atoms with Crippen LogP contribution in [-0.2, 0) is 14.3 Å². The predicted octanol–water partition coefficient (Wildman–Crippen LogP) is 1.15. The first-order valence-electron chi connectivity index (χ1n) is 7.76. The average molecular weight is 337 g/mol. The fraction of sp³-hybridized carbons (Fsp3) is 0.529. The van der Waals surface area contributed by atoms with Crippen LogP contribution < -0.4 is 14.2 Å². The predicted molar refractivity (Wildman–Crippen MR) is 86.6 cm³/mol. The molecule has 7 heteroatoms. The quantitative estimate of drug-likeness (QED) is 0.546. The highest BCUT2D eigenvalue weighted by Gasteiger charge is 2.33. The van der Waals surface area contributed by atoms with Gasteiger partial charge in [-0.05, 0) is 12.1 Å². The molecule has 1 aromatic carbocycles. The molecule has 1 atom stereocenters. The Bertz CT molecular complexity index is 580. The van der Waals surface area contributed by atoms with Crippen LogP contribution in [0.5, 0.6) is 17.2 Å². The number of nitrogens with zero attached hydrogens (tertiary/aromatic N) is 1. The fourth-order valence-corrected chi connectivity index (χ4v) is 2.63. The van der Waals surface area contributed by atoms with E-state index in [1.54, 1.807) is 32.4 Å². The van der Waals surface area contributed by atoms with Crippen LogP contribution >= 0.6 is 0 Å². The van der Waals surface area contributed by atoms with Gasteiger partial charge in [-0.2, -0.15) is 0 Å². The van der Waals surface area contributed by atoms with Crippen molar-refractivity contribution in [3.8, 4) is 17.2 Å². The van der Waals surface area contributed by atoms with E-state index in [1.165, 1.54) is 7.11 Å². The summed E-state index contributed by atoms with van der Waals surface area (Å²) in [6.45, 7) is 1.99. The molecule has 0 N–H and O–H groups in total. The average Bonchev–Trinajstić information content (AvgIpc) is 2.62. The number of piperidine rings is 1. The Morgan fingerprint density at radius 1 is 1.21 bits per heavy atom. The van der Waals surface area contributed by atoms with Crippen molar-refractivity contribution in [1.82, 2.24) is 4.90 Å². The van der Waals surface area contributed by atoms with Gasteiger partial charge in [0.2, 0.25) is 0 Å². The molecule has 7 nitrogen and oxygen atoms in total. The molecule has 24 heavy (non-hydrogen) atoms. The summed E-state index contributed by atoms with van der Waals surface area (Å²) < 4.78 is 20.9. The van der Waals surface area contributed by atoms with E-state index in [-0.39, 0.29) is 5.78 Å². The van der Waals surface area contributed by atoms with Crippen LogP contribution in [0.4, 0.5) is 0 Å². The van der Waals surface area contributed by atoms with Crippen LogP contribution in [0.15, 0.2) is 18.2 Å². The van der Waals surface area contributed by atoms with Crippen LogP contribution in [-0.4, -0.2) is 64.2 Å². The summed E-state index contributed by atoms with van der Waals surface area (Å²) in [6.07, 6.45) is 0.349. The number of benzene rings is 1. The summed E-state index contributed by atoms with van der Waals surface area (Å²) in [7, 11) is 4.46. The maximum absolute atomic E-state index is 11.8. The molecule has 1 heterocycles. The van der Waals surface area contributed by atoms with Crippen LogP contribution in [0.25, 0.3) is 0 Å². The number of hydrogen-bond donors (Lipinski definition) is 0. The molecule has 0 saturated carbocycles. The lowest BCUT2D eigenvalue weighted by atomic mass is 9.97. The number of ketones is 1. The zero-order valence-electron chi connectivity index (χ0n) is 14.2. The van der Waals surface area contributed by atoms with E-state index in [0.29, 0.717) is 49.9 Å². The molecule has 1 aliphatic rings. The van der Waals surface area contributed by atoms with Crippen LogP contribution in [0.2, 0.25) is 0 Å². The van der Waals surface area contributed by atoms with E-state index in [1.807, 2.05) is 4.90 Å². The Balaban J connectivity index is 1.90. The number of esters is 1. The van der Waals surface area contributed by atoms with E-state index in [2.05, 4.69) is 4.74 Å². The standard InChI is InChI=1S/C17H23NO6/c1-21-12-4-5-15(22-2)16(10-12)24-9-8-18-7-6-14(19)13(11-18)17(20)23-3/h4-5,10,13H,6-9,11H2,1-3H3. The number of methoxy groups -OCH3 is 3. The van der Waals surface area contributed by atoms with Gasteiger partial charge in [0.1, 0.15) is 24.1 Å². The lowest BCUT2D eigenvalue weighted by Crippen LogP contribution is -2.45. The molecule has 1 unspecified atom stereocenters. The summed E-state index contributed by atoms with van der Waals surface area (Å²) in [5.41, 5.74) is 0. The van der Waals surface area contributed by atoms with Crippen molar-refractivity contribution < 1.29 is 28.5 Å². The Morgan fingerprint density at radius 2 is 2.00 bits per heavy atom. The number of carbonyl (C=O) groups excluding carboxylic acids is 2. The lowest BCUT2D eigenvalue weighted by molar-refractivity contribution is -0.151. The van der Waals surface area contributed by atoms with Crippen molar-refractivity contribution in [1.29, 1.82) is 0 Å². The zero-order valence-corrected chi connectivity index (χ0v) is 14.2. The molecule has 0 aliphatic carbocycles. The maximum atomic E-state index is 11.8. The summed E-state index contributed by atoms with van der Waals surface area (Å²) in [6, 6.07) is 5.33. The van der Waals surface area contributed by atoms with Crippen LogP contribution in [0.3, 0.4) is 0 Å². The van der Waals surface area contributed by atoms with Gasteiger partial charge in [-0.25, -0.2) is 0 Å². The normalized spacial score (nSPS) is 18.1. The highest BCUT2D eigenvalue weighted by molar-refractivity contribution is 5.99. The molecular formula is C17H23NO6. The minimum absolute atomic E-state index is 0.0616. The Kier molecular flexibility index (Phi) is 6.43. The van der Waals surface area contributed by atoms with Crippen molar-refractivity contribution in [2.75, 3.05) is 47.6 Å². The van der Waals surface area contributed by atoms with E-state index in [9.17, 15) is 9.59 Å². The highest BCUT2D eigenvalue weighted by atomic mass is 16.5. The zero-order chi connectivity index (χ0) is 17.5. The number of likely N-dealkylation sites (tertiary alicyclic amines) is 1. The van der Waals surface area contributed by atoms with Crippen molar-refractivity contribution in [2.45, 2.75) is 6.42 Å². The fourth-order valence-electron chi connectivity index (χ4n) is 2.63. The van der Waals surface area contributed by atoms with Crippen molar-refractivity contribution in [2.24, 2.45) is 5.92 Å². The Hall–Kier alpha value is -2.28. The molecule has 0 bridgehead atoms. The number of hydrogen-bond acceptors (Lipinski definition) is 7.